The van der Waals surface area contributed by atoms with Crippen molar-refractivity contribution in [2.24, 2.45) is 17.6 Å². The second-order valence-electron chi connectivity index (χ2n) is 5.38. The number of halogens is 1. The van der Waals surface area contributed by atoms with Gasteiger partial charge in [-0.15, -0.1) is 12.4 Å². The number of rotatable bonds is 4. The van der Waals surface area contributed by atoms with Gasteiger partial charge in [0.25, 0.3) is 0 Å². The van der Waals surface area contributed by atoms with Crippen LogP contribution in [-0.2, 0) is 4.79 Å². The summed E-state index contributed by atoms with van der Waals surface area (Å²) in [6, 6.07) is 0.246. The van der Waals surface area contributed by atoms with E-state index in [4.69, 9.17) is 5.73 Å². The summed E-state index contributed by atoms with van der Waals surface area (Å²) in [4.78, 5) is 12.1. The highest BCUT2D eigenvalue weighted by molar-refractivity contribution is 5.85. The maximum absolute atomic E-state index is 12.1. The van der Waals surface area contributed by atoms with Gasteiger partial charge in [0.15, 0.2) is 0 Å². The summed E-state index contributed by atoms with van der Waals surface area (Å²) in [5, 5.41) is 3.16. The quantitative estimate of drug-likeness (QED) is 0.762. The third-order valence-corrected chi connectivity index (χ3v) is 4.00. The third kappa shape index (κ3) is 4.47. The Hall–Kier alpha value is -0.280. The van der Waals surface area contributed by atoms with Gasteiger partial charge in [0.1, 0.15) is 0 Å². The SMILES string of the molecule is Cl.NCC(NC(=O)C1CCCCCC1)C1CC1. The van der Waals surface area contributed by atoms with Crippen LogP contribution < -0.4 is 11.1 Å². The van der Waals surface area contributed by atoms with Crippen LogP contribution in [0.3, 0.4) is 0 Å². The van der Waals surface area contributed by atoms with Crippen molar-refractivity contribution in [1.29, 1.82) is 0 Å². The standard InChI is InChI=1S/C13H24N2O.ClH/c14-9-12(10-7-8-10)15-13(16)11-5-3-1-2-4-6-11;/h10-12H,1-9,14H2,(H,15,16);1H. The van der Waals surface area contributed by atoms with E-state index in [1.54, 1.807) is 0 Å². The molecule has 1 atom stereocenters. The van der Waals surface area contributed by atoms with Crippen LogP contribution in [0, 0.1) is 11.8 Å². The first-order valence-corrected chi connectivity index (χ1v) is 6.81. The molecule has 2 rings (SSSR count). The van der Waals surface area contributed by atoms with E-state index in [2.05, 4.69) is 5.32 Å². The predicted molar refractivity (Wildman–Crippen MR) is 72.1 cm³/mol. The lowest BCUT2D eigenvalue weighted by Gasteiger charge is -2.20. The molecule has 2 fully saturated rings. The number of nitrogens with one attached hydrogen (secondary N) is 1. The van der Waals surface area contributed by atoms with E-state index in [0.717, 1.165) is 12.8 Å². The van der Waals surface area contributed by atoms with E-state index in [1.807, 2.05) is 0 Å². The Labute approximate surface area is 110 Å². The van der Waals surface area contributed by atoms with Crippen molar-refractivity contribution in [2.45, 2.75) is 57.4 Å². The van der Waals surface area contributed by atoms with Crippen molar-refractivity contribution >= 4 is 18.3 Å². The Kier molecular flexibility index (Phi) is 6.28. The van der Waals surface area contributed by atoms with Gasteiger partial charge in [-0.3, -0.25) is 4.79 Å². The van der Waals surface area contributed by atoms with Crippen LogP contribution in [0.2, 0.25) is 0 Å². The molecule has 0 aromatic heterocycles. The molecule has 0 saturated heterocycles. The Morgan fingerprint density at radius 2 is 1.71 bits per heavy atom. The molecule has 100 valence electrons. The van der Waals surface area contributed by atoms with Gasteiger partial charge in [0.05, 0.1) is 0 Å². The highest BCUT2D eigenvalue weighted by atomic mass is 35.5. The van der Waals surface area contributed by atoms with E-state index in [9.17, 15) is 4.79 Å². The molecule has 0 aromatic rings. The molecule has 0 bridgehead atoms. The van der Waals surface area contributed by atoms with Crippen LogP contribution in [0.5, 0.6) is 0 Å². The number of nitrogens with two attached hydrogens (primary N) is 1. The van der Waals surface area contributed by atoms with Gasteiger partial charge in [0, 0.05) is 18.5 Å². The number of carbonyl (C=O) groups excluding carboxylic acids is 1. The zero-order valence-corrected chi connectivity index (χ0v) is 11.3. The van der Waals surface area contributed by atoms with Crippen LogP contribution in [0.1, 0.15) is 51.4 Å². The number of hydrogen-bond acceptors (Lipinski definition) is 2. The van der Waals surface area contributed by atoms with Gasteiger partial charge in [-0.1, -0.05) is 25.7 Å². The Morgan fingerprint density at radius 1 is 1.12 bits per heavy atom. The zero-order valence-electron chi connectivity index (χ0n) is 10.5. The monoisotopic (exact) mass is 260 g/mol. The molecule has 3 N–H and O–H groups in total. The van der Waals surface area contributed by atoms with Crippen LogP contribution in [-0.4, -0.2) is 18.5 Å². The first kappa shape index (κ1) is 14.8. The van der Waals surface area contributed by atoms with Gasteiger partial charge in [-0.2, -0.15) is 0 Å². The molecule has 0 spiro atoms. The topological polar surface area (TPSA) is 55.1 Å². The second-order valence-corrected chi connectivity index (χ2v) is 5.38. The normalized spacial score (nSPS) is 23.4. The fourth-order valence-corrected chi connectivity index (χ4v) is 2.71. The lowest BCUT2D eigenvalue weighted by Crippen LogP contribution is -2.44. The fraction of sp³-hybridized carbons (Fsp3) is 0.923. The third-order valence-electron chi connectivity index (χ3n) is 4.00. The van der Waals surface area contributed by atoms with Crippen LogP contribution in [0.25, 0.3) is 0 Å². The number of carbonyl (C=O) groups is 1. The van der Waals surface area contributed by atoms with Gasteiger partial charge in [-0.05, 0) is 31.6 Å². The summed E-state index contributed by atoms with van der Waals surface area (Å²) in [6.45, 7) is 0.600. The molecule has 2 aliphatic rings. The predicted octanol–water partition coefficient (Wildman–Crippen LogP) is 2.23. The average molecular weight is 261 g/mol. The lowest BCUT2D eigenvalue weighted by molar-refractivity contribution is -0.126. The molecule has 0 aromatic carbocycles. The van der Waals surface area contributed by atoms with Crippen molar-refractivity contribution < 1.29 is 4.79 Å². The summed E-state index contributed by atoms with van der Waals surface area (Å²) in [5.41, 5.74) is 5.71. The molecule has 0 radical (unpaired) electrons. The molecular formula is C13H25ClN2O. The highest BCUT2D eigenvalue weighted by Gasteiger charge is 2.32. The molecular weight excluding hydrogens is 236 g/mol. The summed E-state index contributed by atoms with van der Waals surface area (Å²) >= 11 is 0. The van der Waals surface area contributed by atoms with Crippen LogP contribution >= 0.6 is 12.4 Å². The molecule has 1 unspecified atom stereocenters. The largest absolute Gasteiger partial charge is 0.352 e. The van der Waals surface area contributed by atoms with Crippen molar-refractivity contribution in [3.05, 3.63) is 0 Å². The molecule has 0 aliphatic heterocycles. The van der Waals surface area contributed by atoms with Crippen LogP contribution in [0.15, 0.2) is 0 Å². The number of hydrogen-bond donors (Lipinski definition) is 2. The minimum Gasteiger partial charge on any atom is -0.352 e. The molecule has 4 heteroatoms. The summed E-state index contributed by atoms with van der Waals surface area (Å²) in [6.07, 6.45) is 9.67. The molecule has 0 heterocycles. The van der Waals surface area contributed by atoms with Crippen molar-refractivity contribution in [3.63, 3.8) is 0 Å². The Morgan fingerprint density at radius 3 is 2.18 bits per heavy atom. The first-order valence-electron chi connectivity index (χ1n) is 6.81. The summed E-state index contributed by atoms with van der Waals surface area (Å²) in [5.74, 6) is 1.19. The molecule has 17 heavy (non-hydrogen) atoms. The van der Waals surface area contributed by atoms with Gasteiger partial charge in [0.2, 0.25) is 5.91 Å². The molecule has 3 nitrogen and oxygen atoms in total. The van der Waals surface area contributed by atoms with E-state index in [-0.39, 0.29) is 30.3 Å². The lowest BCUT2D eigenvalue weighted by atomic mass is 9.98. The van der Waals surface area contributed by atoms with E-state index < -0.39 is 0 Å². The van der Waals surface area contributed by atoms with Crippen LogP contribution in [0.4, 0.5) is 0 Å². The van der Waals surface area contributed by atoms with Gasteiger partial charge < -0.3 is 11.1 Å². The van der Waals surface area contributed by atoms with Crippen molar-refractivity contribution in [3.8, 4) is 0 Å². The Balaban J connectivity index is 0.00000144. The summed E-state index contributed by atoms with van der Waals surface area (Å²) in [7, 11) is 0. The van der Waals surface area contributed by atoms with Gasteiger partial charge >= 0.3 is 0 Å². The summed E-state index contributed by atoms with van der Waals surface area (Å²) < 4.78 is 0. The second kappa shape index (κ2) is 7.22. The van der Waals surface area contributed by atoms with Crippen molar-refractivity contribution in [1.82, 2.24) is 5.32 Å². The van der Waals surface area contributed by atoms with E-state index in [0.29, 0.717) is 12.5 Å². The Bertz CT molecular complexity index is 236. The van der Waals surface area contributed by atoms with Gasteiger partial charge in [-0.25, -0.2) is 0 Å². The first-order chi connectivity index (χ1) is 7.81. The maximum Gasteiger partial charge on any atom is 0.223 e. The van der Waals surface area contributed by atoms with E-state index in [1.165, 1.54) is 38.5 Å². The zero-order chi connectivity index (χ0) is 11.4. The molecule has 2 aliphatic carbocycles. The minimum atomic E-state index is 0. The average Bonchev–Trinajstić information content (AvgIpc) is 3.11. The molecule has 2 saturated carbocycles. The minimum absolute atomic E-state index is 0. The maximum atomic E-state index is 12.1. The number of amides is 1. The van der Waals surface area contributed by atoms with Crippen molar-refractivity contribution in [2.75, 3.05) is 6.54 Å². The fourth-order valence-electron chi connectivity index (χ4n) is 2.71. The van der Waals surface area contributed by atoms with E-state index >= 15 is 0 Å². The smallest absolute Gasteiger partial charge is 0.223 e. The highest BCUT2D eigenvalue weighted by Crippen LogP contribution is 2.32. The molecule has 1 amide bonds.